The van der Waals surface area contributed by atoms with Crippen LogP contribution in [-0.4, -0.2) is 23.6 Å². The molecule has 0 aliphatic heterocycles. The zero-order valence-electron chi connectivity index (χ0n) is 8.32. The van der Waals surface area contributed by atoms with Gasteiger partial charge >= 0.3 is 0 Å². The van der Waals surface area contributed by atoms with Crippen molar-refractivity contribution in [3.8, 4) is 0 Å². The molecule has 0 spiro atoms. The quantitative estimate of drug-likeness (QED) is 0.373. The summed E-state index contributed by atoms with van der Waals surface area (Å²) in [5.41, 5.74) is 0. The number of rotatable bonds is 7. The molecule has 76 valence electrons. The van der Waals surface area contributed by atoms with E-state index in [-0.39, 0.29) is 11.0 Å². The van der Waals surface area contributed by atoms with Gasteiger partial charge in [-0.3, -0.25) is 10.1 Å². The van der Waals surface area contributed by atoms with Gasteiger partial charge in [0.25, 0.3) is 0 Å². The van der Waals surface area contributed by atoms with Crippen LogP contribution in [0.2, 0.25) is 0 Å². The fourth-order valence-corrected chi connectivity index (χ4v) is 1.30. The minimum atomic E-state index is -0.494. The maximum Gasteiger partial charge on any atom is 0.218 e. The second-order valence-corrected chi connectivity index (χ2v) is 3.16. The number of nitrogens with one attached hydrogen (secondary N) is 1. The molecule has 0 saturated carbocycles. The standard InChI is InChI=1S/C9H18N2O2/c1-4-6-9(11(12)13)7-8(3)10-5-2/h4,8-10H,1,5-7H2,2-3H3. The van der Waals surface area contributed by atoms with E-state index in [4.69, 9.17) is 0 Å². The second-order valence-electron chi connectivity index (χ2n) is 3.16. The maximum absolute atomic E-state index is 10.6. The van der Waals surface area contributed by atoms with Crippen molar-refractivity contribution in [1.29, 1.82) is 0 Å². The van der Waals surface area contributed by atoms with Crippen molar-refractivity contribution in [1.82, 2.24) is 5.32 Å². The van der Waals surface area contributed by atoms with Crippen LogP contribution in [0.4, 0.5) is 0 Å². The lowest BCUT2D eigenvalue weighted by molar-refractivity contribution is -0.523. The fourth-order valence-electron chi connectivity index (χ4n) is 1.30. The molecular formula is C9H18N2O2. The summed E-state index contributed by atoms with van der Waals surface area (Å²) >= 11 is 0. The van der Waals surface area contributed by atoms with E-state index < -0.39 is 6.04 Å². The van der Waals surface area contributed by atoms with Gasteiger partial charge in [0.2, 0.25) is 6.04 Å². The molecular weight excluding hydrogens is 168 g/mol. The van der Waals surface area contributed by atoms with E-state index in [1.54, 1.807) is 6.08 Å². The highest BCUT2D eigenvalue weighted by molar-refractivity contribution is 4.76. The third kappa shape index (κ3) is 5.36. The topological polar surface area (TPSA) is 55.2 Å². The molecule has 0 aliphatic rings. The highest BCUT2D eigenvalue weighted by Gasteiger charge is 2.20. The van der Waals surface area contributed by atoms with Gasteiger partial charge in [-0.2, -0.15) is 0 Å². The minimum Gasteiger partial charge on any atom is -0.314 e. The van der Waals surface area contributed by atoms with Crippen LogP contribution in [0.15, 0.2) is 12.7 Å². The first-order chi connectivity index (χ1) is 6.11. The molecule has 13 heavy (non-hydrogen) atoms. The van der Waals surface area contributed by atoms with Gasteiger partial charge in [0, 0.05) is 23.8 Å². The zero-order valence-corrected chi connectivity index (χ0v) is 8.32. The molecule has 0 radical (unpaired) electrons. The average Bonchev–Trinajstić information content (AvgIpc) is 2.04. The Morgan fingerprint density at radius 1 is 1.69 bits per heavy atom. The van der Waals surface area contributed by atoms with Gasteiger partial charge in [-0.25, -0.2) is 0 Å². The van der Waals surface area contributed by atoms with Crippen molar-refractivity contribution in [2.45, 2.75) is 38.8 Å². The van der Waals surface area contributed by atoms with Crippen LogP contribution >= 0.6 is 0 Å². The van der Waals surface area contributed by atoms with E-state index in [9.17, 15) is 10.1 Å². The lowest BCUT2D eigenvalue weighted by Crippen LogP contribution is -2.32. The van der Waals surface area contributed by atoms with E-state index in [1.807, 2.05) is 13.8 Å². The molecule has 0 aromatic carbocycles. The molecule has 0 heterocycles. The first-order valence-corrected chi connectivity index (χ1v) is 4.59. The summed E-state index contributed by atoms with van der Waals surface area (Å²) in [7, 11) is 0. The van der Waals surface area contributed by atoms with Gasteiger partial charge in [0.1, 0.15) is 0 Å². The molecule has 2 atom stereocenters. The Morgan fingerprint density at radius 3 is 2.69 bits per heavy atom. The molecule has 0 saturated heterocycles. The van der Waals surface area contributed by atoms with E-state index >= 15 is 0 Å². The lowest BCUT2D eigenvalue weighted by atomic mass is 10.1. The highest BCUT2D eigenvalue weighted by atomic mass is 16.6. The Bertz CT molecular complexity index is 171. The summed E-state index contributed by atoms with van der Waals surface area (Å²) in [6, 6.07) is -0.299. The smallest absolute Gasteiger partial charge is 0.218 e. The molecule has 0 bridgehead atoms. The summed E-state index contributed by atoms with van der Waals surface area (Å²) < 4.78 is 0. The molecule has 4 nitrogen and oxygen atoms in total. The molecule has 0 aromatic rings. The van der Waals surface area contributed by atoms with Crippen molar-refractivity contribution in [3.05, 3.63) is 22.8 Å². The minimum absolute atomic E-state index is 0.195. The van der Waals surface area contributed by atoms with Crippen LogP contribution in [0.5, 0.6) is 0 Å². The first kappa shape index (κ1) is 12.1. The van der Waals surface area contributed by atoms with Crippen molar-refractivity contribution >= 4 is 0 Å². The molecule has 0 aromatic heterocycles. The third-order valence-electron chi connectivity index (χ3n) is 1.92. The molecule has 0 amide bonds. The normalized spacial score (nSPS) is 14.9. The highest BCUT2D eigenvalue weighted by Crippen LogP contribution is 2.06. The van der Waals surface area contributed by atoms with Gasteiger partial charge in [-0.1, -0.05) is 13.0 Å². The van der Waals surface area contributed by atoms with Crippen LogP contribution < -0.4 is 5.32 Å². The molecule has 0 aliphatic carbocycles. The Hall–Kier alpha value is -0.900. The van der Waals surface area contributed by atoms with Gasteiger partial charge in [0.05, 0.1) is 0 Å². The van der Waals surface area contributed by atoms with Crippen LogP contribution in [0.25, 0.3) is 0 Å². The van der Waals surface area contributed by atoms with Crippen LogP contribution in [0.1, 0.15) is 26.7 Å². The van der Waals surface area contributed by atoms with E-state index in [0.29, 0.717) is 12.8 Å². The van der Waals surface area contributed by atoms with E-state index in [2.05, 4.69) is 11.9 Å². The summed E-state index contributed by atoms with van der Waals surface area (Å²) in [5, 5.41) is 13.7. The fraction of sp³-hybridized carbons (Fsp3) is 0.778. The summed E-state index contributed by atoms with van der Waals surface area (Å²) in [6.07, 6.45) is 2.61. The van der Waals surface area contributed by atoms with Crippen molar-refractivity contribution in [3.63, 3.8) is 0 Å². The number of nitrogens with zero attached hydrogens (tertiary/aromatic N) is 1. The lowest BCUT2D eigenvalue weighted by Gasteiger charge is -2.14. The summed E-state index contributed by atoms with van der Waals surface area (Å²) in [5.74, 6) is 0. The Labute approximate surface area is 79.2 Å². The van der Waals surface area contributed by atoms with Crippen LogP contribution in [-0.2, 0) is 0 Å². The van der Waals surface area contributed by atoms with E-state index in [0.717, 1.165) is 6.54 Å². The largest absolute Gasteiger partial charge is 0.314 e. The molecule has 2 unspecified atom stereocenters. The molecule has 1 N–H and O–H groups in total. The van der Waals surface area contributed by atoms with Gasteiger partial charge in [0.15, 0.2) is 0 Å². The third-order valence-corrected chi connectivity index (χ3v) is 1.92. The number of hydrogen-bond acceptors (Lipinski definition) is 3. The first-order valence-electron chi connectivity index (χ1n) is 4.59. The summed E-state index contributed by atoms with van der Waals surface area (Å²) in [4.78, 5) is 10.3. The Balaban J connectivity index is 3.93. The van der Waals surface area contributed by atoms with Gasteiger partial charge in [-0.15, -0.1) is 6.58 Å². The van der Waals surface area contributed by atoms with Crippen molar-refractivity contribution < 1.29 is 4.92 Å². The van der Waals surface area contributed by atoms with Gasteiger partial charge < -0.3 is 5.32 Å². The van der Waals surface area contributed by atoms with Crippen LogP contribution in [0, 0.1) is 10.1 Å². The predicted octanol–water partition coefficient (Wildman–Crippen LogP) is 1.60. The van der Waals surface area contributed by atoms with Crippen molar-refractivity contribution in [2.75, 3.05) is 6.54 Å². The average molecular weight is 186 g/mol. The zero-order chi connectivity index (χ0) is 10.3. The van der Waals surface area contributed by atoms with Gasteiger partial charge in [-0.05, 0) is 13.5 Å². The number of nitro groups is 1. The van der Waals surface area contributed by atoms with E-state index in [1.165, 1.54) is 0 Å². The number of hydrogen-bond donors (Lipinski definition) is 1. The predicted molar refractivity (Wildman–Crippen MR) is 53.4 cm³/mol. The van der Waals surface area contributed by atoms with Crippen molar-refractivity contribution in [2.24, 2.45) is 0 Å². The molecule has 4 heteroatoms. The summed E-state index contributed by atoms with van der Waals surface area (Å²) in [6.45, 7) is 8.31. The monoisotopic (exact) mass is 186 g/mol. The second kappa shape index (κ2) is 6.60. The molecule has 0 rings (SSSR count). The Morgan fingerprint density at radius 2 is 2.31 bits per heavy atom. The SMILES string of the molecule is C=CCC(CC(C)NCC)[N+](=O)[O-]. The maximum atomic E-state index is 10.6. The van der Waals surface area contributed by atoms with Crippen LogP contribution in [0.3, 0.4) is 0 Å². The Kier molecular flexibility index (Phi) is 6.14. The molecule has 0 fully saturated rings.